The van der Waals surface area contributed by atoms with E-state index in [4.69, 9.17) is 0 Å². The van der Waals surface area contributed by atoms with Crippen molar-refractivity contribution in [3.63, 3.8) is 0 Å². The first-order chi connectivity index (χ1) is 11.8. The van der Waals surface area contributed by atoms with Gasteiger partial charge in [0.15, 0.2) is 0 Å². The lowest BCUT2D eigenvalue weighted by Gasteiger charge is -2.23. The quantitative estimate of drug-likeness (QED) is 0.915. The zero-order chi connectivity index (χ0) is 16.4. The summed E-state index contributed by atoms with van der Waals surface area (Å²) in [4.78, 5) is 9.26. The standard InChI is InChI=1S/C20H25N3O/c24-20(19-8-4-5-9-21-19)15-23-13-17-11-22(12-18(17)14-23)10-16-6-2-1-3-7-16/h1-9,17-18,20,24H,10-15H2. The summed E-state index contributed by atoms with van der Waals surface area (Å²) >= 11 is 0. The van der Waals surface area contributed by atoms with Crippen molar-refractivity contribution in [1.29, 1.82) is 0 Å². The third-order valence-electron chi connectivity index (χ3n) is 5.35. The third-order valence-corrected chi connectivity index (χ3v) is 5.35. The molecule has 0 spiro atoms. The molecule has 4 rings (SSSR count). The molecule has 0 aliphatic carbocycles. The van der Waals surface area contributed by atoms with E-state index >= 15 is 0 Å². The van der Waals surface area contributed by atoms with Gasteiger partial charge in [-0.25, -0.2) is 0 Å². The average Bonchev–Trinajstić information content (AvgIpc) is 3.14. The number of aromatic nitrogens is 1. The normalized spacial score (nSPS) is 25.7. The fourth-order valence-corrected chi connectivity index (χ4v) is 4.22. The smallest absolute Gasteiger partial charge is 0.109 e. The zero-order valence-corrected chi connectivity index (χ0v) is 14.0. The molecule has 4 nitrogen and oxygen atoms in total. The molecular weight excluding hydrogens is 298 g/mol. The van der Waals surface area contributed by atoms with E-state index in [0.29, 0.717) is 6.54 Å². The minimum absolute atomic E-state index is 0.481. The van der Waals surface area contributed by atoms with Gasteiger partial charge in [0.2, 0.25) is 0 Å². The fourth-order valence-electron chi connectivity index (χ4n) is 4.22. The maximum absolute atomic E-state index is 10.4. The van der Waals surface area contributed by atoms with Crippen molar-refractivity contribution in [3.05, 3.63) is 66.0 Å². The largest absolute Gasteiger partial charge is 0.385 e. The Bertz CT molecular complexity index is 634. The van der Waals surface area contributed by atoms with Gasteiger partial charge >= 0.3 is 0 Å². The SMILES string of the molecule is OC(CN1CC2CN(Cc3ccccc3)CC2C1)c1ccccn1. The van der Waals surface area contributed by atoms with Gasteiger partial charge in [-0.3, -0.25) is 14.8 Å². The third kappa shape index (κ3) is 3.51. The molecule has 0 bridgehead atoms. The first-order valence-corrected chi connectivity index (χ1v) is 8.85. The highest BCUT2D eigenvalue weighted by Crippen LogP contribution is 2.32. The van der Waals surface area contributed by atoms with Crippen molar-refractivity contribution >= 4 is 0 Å². The van der Waals surface area contributed by atoms with Crippen LogP contribution in [0.4, 0.5) is 0 Å². The summed E-state index contributed by atoms with van der Waals surface area (Å²) in [6, 6.07) is 16.5. The van der Waals surface area contributed by atoms with Gasteiger partial charge < -0.3 is 5.11 Å². The molecule has 2 aliphatic rings. The molecule has 3 atom stereocenters. The summed E-state index contributed by atoms with van der Waals surface area (Å²) in [7, 11) is 0. The monoisotopic (exact) mass is 323 g/mol. The van der Waals surface area contributed by atoms with Gasteiger partial charge in [0.05, 0.1) is 5.69 Å². The molecule has 0 amide bonds. The molecular formula is C20H25N3O. The molecule has 1 aromatic carbocycles. The van der Waals surface area contributed by atoms with Crippen LogP contribution in [0.25, 0.3) is 0 Å². The van der Waals surface area contributed by atoms with Gasteiger partial charge in [-0.05, 0) is 29.5 Å². The number of aliphatic hydroxyl groups is 1. The number of rotatable bonds is 5. The predicted molar refractivity (Wildman–Crippen MR) is 94.3 cm³/mol. The van der Waals surface area contributed by atoms with Crippen LogP contribution >= 0.6 is 0 Å². The van der Waals surface area contributed by atoms with Crippen LogP contribution in [0, 0.1) is 11.8 Å². The summed E-state index contributed by atoms with van der Waals surface area (Å²) in [5, 5.41) is 10.4. The molecule has 0 saturated carbocycles. The number of fused-ring (bicyclic) bond motifs is 1. The van der Waals surface area contributed by atoms with Gasteiger partial charge in [0, 0.05) is 45.5 Å². The summed E-state index contributed by atoms with van der Waals surface area (Å²) in [6.07, 6.45) is 1.27. The molecule has 3 heterocycles. The van der Waals surface area contributed by atoms with Crippen molar-refractivity contribution in [2.45, 2.75) is 12.6 Å². The molecule has 1 aromatic heterocycles. The van der Waals surface area contributed by atoms with E-state index in [-0.39, 0.29) is 0 Å². The Hall–Kier alpha value is -1.75. The van der Waals surface area contributed by atoms with Crippen LogP contribution in [0.5, 0.6) is 0 Å². The van der Waals surface area contributed by atoms with Crippen LogP contribution in [0.2, 0.25) is 0 Å². The van der Waals surface area contributed by atoms with E-state index in [9.17, 15) is 5.11 Å². The molecule has 4 heteroatoms. The number of benzene rings is 1. The average molecular weight is 323 g/mol. The van der Waals surface area contributed by atoms with Gasteiger partial charge in [-0.15, -0.1) is 0 Å². The molecule has 2 fully saturated rings. The number of hydrogen-bond acceptors (Lipinski definition) is 4. The number of hydrogen-bond donors (Lipinski definition) is 1. The van der Waals surface area contributed by atoms with E-state index < -0.39 is 6.10 Å². The van der Waals surface area contributed by atoms with Gasteiger partial charge in [-0.2, -0.15) is 0 Å². The number of aliphatic hydroxyl groups excluding tert-OH is 1. The Morgan fingerprint density at radius 1 is 0.917 bits per heavy atom. The van der Waals surface area contributed by atoms with Crippen molar-refractivity contribution in [2.75, 3.05) is 32.7 Å². The van der Waals surface area contributed by atoms with E-state index in [2.05, 4.69) is 45.1 Å². The summed E-state index contributed by atoms with van der Waals surface area (Å²) in [6.45, 7) is 6.30. The summed E-state index contributed by atoms with van der Waals surface area (Å²) in [5.41, 5.74) is 2.18. The number of likely N-dealkylation sites (tertiary alicyclic amines) is 2. The van der Waals surface area contributed by atoms with Gasteiger partial charge in [0.25, 0.3) is 0 Å². The lowest BCUT2D eigenvalue weighted by Crippen LogP contribution is -2.31. The lowest BCUT2D eigenvalue weighted by molar-refractivity contribution is 0.115. The van der Waals surface area contributed by atoms with Crippen LogP contribution < -0.4 is 0 Å². The number of pyridine rings is 1. The van der Waals surface area contributed by atoms with E-state index in [1.165, 1.54) is 18.7 Å². The summed E-state index contributed by atoms with van der Waals surface area (Å²) in [5.74, 6) is 1.48. The molecule has 0 radical (unpaired) electrons. The second-order valence-corrected chi connectivity index (χ2v) is 7.19. The van der Waals surface area contributed by atoms with Crippen molar-refractivity contribution in [2.24, 2.45) is 11.8 Å². The first kappa shape index (κ1) is 15.8. The summed E-state index contributed by atoms with van der Waals surface area (Å²) < 4.78 is 0. The van der Waals surface area contributed by atoms with Crippen LogP contribution in [-0.4, -0.2) is 52.6 Å². The topological polar surface area (TPSA) is 39.6 Å². The zero-order valence-electron chi connectivity index (χ0n) is 14.0. The maximum Gasteiger partial charge on any atom is 0.109 e. The molecule has 2 aromatic rings. The van der Waals surface area contributed by atoms with Crippen molar-refractivity contribution in [3.8, 4) is 0 Å². The molecule has 126 valence electrons. The highest BCUT2D eigenvalue weighted by molar-refractivity contribution is 5.15. The van der Waals surface area contributed by atoms with E-state index in [0.717, 1.165) is 37.2 Å². The number of nitrogens with zero attached hydrogens (tertiary/aromatic N) is 3. The first-order valence-electron chi connectivity index (χ1n) is 8.85. The molecule has 24 heavy (non-hydrogen) atoms. The van der Waals surface area contributed by atoms with Crippen molar-refractivity contribution < 1.29 is 5.11 Å². The van der Waals surface area contributed by atoms with Crippen LogP contribution in [-0.2, 0) is 6.54 Å². The highest BCUT2D eigenvalue weighted by atomic mass is 16.3. The Morgan fingerprint density at radius 2 is 1.58 bits per heavy atom. The minimum Gasteiger partial charge on any atom is -0.385 e. The molecule has 2 aliphatic heterocycles. The van der Waals surface area contributed by atoms with Crippen LogP contribution in [0.15, 0.2) is 54.7 Å². The maximum atomic E-state index is 10.4. The van der Waals surface area contributed by atoms with Gasteiger partial charge in [0.1, 0.15) is 6.10 Å². The second kappa shape index (κ2) is 7.01. The molecule has 3 unspecified atom stereocenters. The highest BCUT2D eigenvalue weighted by Gasteiger charge is 2.40. The molecule has 1 N–H and O–H groups in total. The Balaban J connectivity index is 1.28. The van der Waals surface area contributed by atoms with E-state index in [1.54, 1.807) is 6.20 Å². The van der Waals surface area contributed by atoms with Crippen LogP contribution in [0.1, 0.15) is 17.4 Å². The lowest BCUT2D eigenvalue weighted by atomic mass is 10.0. The Labute approximate surface area is 143 Å². The van der Waals surface area contributed by atoms with E-state index in [1.807, 2.05) is 18.2 Å². The van der Waals surface area contributed by atoms with Crippen molar-refractivity contribution in [1.82, 2.24) is 14.8 Å². The Kier molecular flexibility index (Phi) is 4.60. The fraction of sp³-hybridized carbons (Fsp3) is 0.450. The van der Waals surface area contributed by atoms with Crippen LogP contribution in [0.3, 0.4) is 0 Å². The predicted octanol–water partition coefficient (Wildman–Crippen LogP) is 2.18. The number of β-amino-alcohol motifs (C(OH)–C–C–N with tert-alkyl or cyclic N) is 1. The minimum atomic E-state index is -0.481. The Morgan fingerprint density at radius 3 is 2.25 bits per heavy atom. The van der Waals surface area contributed by atoms with Gasteiger partial charge in [-0.1, -0.05) is 36.4 Å². The molecule has 2 saturated heterocycles. The second-order valence-electron chi connectivity index (χ2n) is 7.19.